The van der Waals surface area contributed by atoms with Crippen LogP contribution in [0.25, 0.3) is 0 Å². The first-order chi connectivity index (χ1) is 18.4. The van der Waals surface area contributed by atoms with Crippen molar-refractivity contribution in [2.45, 2.75) is 18.9 Å². The highest BCUT2D eigenvalue weighted by molar-refractivity contribution is 6.27. The number of ether oxygens (including phenoxy) is 4. The highest BCUT2D eigenvalue weighted by atomic mass is 16.5. The zero-order chi connectivity index (χ0) is 29.8. The highest BCUT2D eigenvalue weighted by Crippen LogP contribution is 2.34. The van der Waals surface area contributed by atoms with Crippen molar-refractivity contribution in [3.63, 3.8) is 0 Å². The van der Waals surface area contributed by atoms with Crippen molar-refractivity contribution in [2.24, 2.45) is 0 Å². The fraction of sp³-hybridized carbons (Fsp3) is 0.407. The van der Waals surface area contributed by atoms with Crippen LogP contribution in [0.15, 0.2) is 36.4 Å². The molecule has 212 valence electrons. The average Bonchev–Trinajstić information content (AvgIpc) is 2.94. The molecule has 0 aliphatic rings. The standard InChI is InChI=1S/C25H33N3O5.C2H2O4/c1-25(17-26,19-9-11-21(31-5)23(15-19)33-7)28(3)24(29)16-27(2)13-12-18-8-10-20(30-4)22(14-18)32-6;3-1(4)2(5)6/h8-11,14-15H,12-13,16H2,1-7H3;(H,3,4)(H,5,6). The van der Waals surface area contributed by atoms with Gasteiger partial charge in [-0.1, -0.05) is 12.1 Å². The molecule has 0 radical (unpaired) electrons. The topological polar surface area (TPSA) is 159 Å². The molecule has 39 heavy (non-hydrogen) atoms. The van der Waals surface area contributed by atoms with E-state index in [0.29, 0.717) is 35.1 Å². The molecule has 0 spiro atoms. The first-order valence-corrected chi connectivity index (χ1v) is 11.6. The molecule has 1 amide bonds. The van der Waals surface area contributed by atoms with E-state index in [1.54, 1.807) is 53.5 Å². The number of benzene rings is 2. The van der Waals surface area contributed by atoms with Gasteiger partial charge in [0.1, 0.15) is 0 Å². The number of rotatable bonds is 11. The zero-order valence-corrected chi connectivity index (χ0v) is 23.2. The Balaban J connectivity index is 0.00000113. The van der Waals surface area contributed by atoms with Crippen LogP contribution in [0.2, 0.25) is 0 Å². The third-order valence-electron chi connectivity index (χ3n) is 6.03. The predicted molar refractivity (Wildman–Crippen MR) is 141 cm³/mol. The number of carboxylic acids is 2. The number of carbonyl (C=O) groups is 3. The SMILES string of the molecule is COc1ccc(CCN(C)CC(=O)N(C)C(C)(C#N)c2ccc(OC)c(OC)c2)cc1OC.O=C(O)C(=O)O. The van der Waals surface area contributed by atoms with Gasteiger partial charge in [-0.15, -0.1) is 0 Å². The lowest BCUT2D eigenvalue weighted by atomic mass is 9.91. The third kappa shape index (κ3) is 8.79. The van der Waals surface area contributed by atoms with E-state index in [0.717, 1.165) is 12.0 Å². The second kappa shape index (κ2) is 15.0. The zero-order valence-electron chi connectivity index (χ0n) is 23.2. The maximum atomic E-state index is 13.0. The molecule has 0 saturated heterocycles. The number of carboxylic acid groups (broad SMARTS) is 2. The molecule has 2 aromatic carbocycles. The molecular formula is C27H35N3O9. The van der Waals surface area contributed by atoms with Gasteiger partial charge in [0.25, 0.3) is 0 Å². The van der Waals surface area contributed by atoms with Gasteiger partial charge in [-0.05, 0) is 55.8 Å². The number of nitriles is 1. The Hall–Kier alpha value is -4.50. The number of hydrogen-bond acceptors (Lipinski definition) is 9. The Kier molecular flexibility index (Phi) is 12.5. The van der Waals surface area contributed by atoms with Crippen molar-refractivity contribution in [3.05, 3.63) is 47.5 Å². The van der Waals surface area contributed by atoms with Crippen LogP contribution in [0, 0.1) is 11.3 Å². The van der Waals surface area contributed by atoms with E-state index in [9.17, 15) is 10.1 Å². The van der Waals surface area contributed by atoms with Crippen molar-refractivity contribution < 1.29 is 43.5 Å². The second-order valence-corrected chi connectivity index (χ2v) is 8.49. The summed E-state index contributed by atoms with van der Waals surface area (Å²) in [5.74, 6) is -1.39. The normalized spacial score (nSPS) is 11.7. The van der Waals surface area contributed by atoms with Crippen LogP contribution >= 0.6 is 0 Å². The molecule has 1 unspecified atom stereocenters. The Morgan fingerprint density at radius 1 is 0.846 bits per heavy atom. The molecule has 0 bridgehead atoms. The highest BCUT2D eigenvalue weighted by Gasteiger charge is 2.35. The maximum Gasteiger partial charge on any atom is 0.414 e. The smallest absolute Gasteiger partial charge is 0.414 e. The molecule has 0 fully saturated rings. The van der Waals surface area contributed by atoms with Crippen molar-refractivity contribution in [2.75, 3.05) is 55.6 Å². The molecule has 12 heteroatoms. The summed E-state index contributed by atoms with van der Waals surface area (Å²) in [7, 11) is 9.82. The molecule has 0 aromatic heterocycles. The minimum atomic E-state index is -1.82. The minimum absolute atomic E-state index is 0.163. The summed E-state index contributed by atoms with van der Waals surface area (Å²) in [6, 6.07) is 13.3. The Bertz CT molecular complexity index is 1180. The fourth-order valence-electron chi connectivity index (χ4n) is 3.49. The van der Waals surface area contributed by atoms with Gasteiger partial charge in [0.2, 0.25) is 5.91 Å². The summed E-state index contributed by atoms with van der Waals surface area (Å²) in [6.07, 6.45) is 0.735. The van der Waals surface area contributed by atoms with Crippen LogP contribution in [-0.2, 0) is 26.3 Å². The second-order valence-electron chi connectivity index (χ2n) is 8.49. The number of amides is 1. The molecular weight excluding hydrogens is 510 g/mol. The van der Waals surface area contributed by atoms with Crippen LogP contribution in [0.1, 0.15) is 18.1 Å². The number of hydrogen-bond donors (Lipinski definition) is 2. The van der Waals surface area contributed by atoms with Crippen molar-refractivity contribution in [1.29, 1.82) is 5.26 Å². The van der Waals surface area contributed by atoms with Gasteiger partial charge >= 0.3 is 11.9 Å². The van der Waals surface area contributed by atoms with E-state index in [-0.39, 0.29) is 12.5 Å². The lowest BCUT2D eigenvalue weighted by molar-refractivity contribution is -0.159. The molecule has 0 heterocycles. The number of nitrogens with zero attached hydrogens (tertiary/aromatic N) is 3. The maximum absolute atomic E-state index is 13.0. The minimum Gasteiger partial charge on any atom is -0.493 e. The van der Waals surface area contributed by atoms with E-state index in [4.69, 9.17) is 38.7 Å². The Morgan fingerprint density at radius 3 is 1.79 bits per heavy atom. The quantitative estimate of drug-likeness (QED) is 0.399. The largest absolute Gasteiger partial charge is 0.493 e. The van der Waals surface area contributed by atoms with E-state index in [1.807, 2.05) is 30.1 Å². The van der Waals surface area contributed by atoms with Crippen LogP contribution < -0.4 is 18.9 Å². The van der Waals surface area contributed by atoms with Gasteiger partial charge in [-0.2, -0.15) is 5.26 Å². The molecule has 0 aliphatic heterocycles. The monoisotopic (exact) mass is 545 g/mol. The number of carbonyl (C=O) groups excluding carboxylic acids is 1. The van der Waals surface area contributed by atoms with Crippen LogP contribution in [-0.4, -0.2) is 93.5 Å². The molecule has 2 N–H and O–H groups in total. The first kappa shape index (κ1) is 32.5. The fourth-order valence-corrected chi connectivity index (χ4v) is 3.49. The lowest BCUT2D eigenvalue weighted by Gasteiger charge is -2.34. The van der Waals surface area contributed by atoms with Crippen molar-refractivity contribution in [3.8, 4) is 29.1 Å². The van der Waals surface area contributed by atoms with Gasteiger partial charge in [-0.3, -0.25) is 9.69 Å². The molecule has 0 aliphatic carbocycles. The van der Waals surface area contributed by atoms with Gasteiger partial charge < -0.3 is 34.1 Å². The Labute approximate surface area is 227 Å². The summed E-state index contributed by atoms with van der Waals surface area (Å²) >= 11 is 0. The van der Waals surface area contributed by atoms with Crippen LogP contribution in [0.3, 0.4) is 0 Å². The van der Waals surface area contributed by atoms with E-state index < -0.39 is 17.5 Å². The summed E-state index contributed by atoms with van der Waals surface area (Å²) in [5.41, 5.74) is 0.555. The predicted octanol–water partition coefficient (Wildman–Crippen LogP) is 2.25. The van der Waals surface area contributed by atoms with Gasteiger partial charge in [0.05, 0.1) is 41.1 Å². The molecule has 0 saturated carbocycles. The van der Waals surface area contributed by atoms with E-state index >= 15 is 0 Å². The van der Waals surface area contributed by atoms with Crippen LogP contribution in [0.5, 0.6) is 23.0 Å². The third-order valence-corrected chi connectivity index (χ3v) is 6.03. The summed E-state index contributed by atoms with van der Waals surface area (Å²) in [4.78, 5) is 34.7. The summed E-state index contributed by atoms with van der Waals surface area (Å²) in [6.45, 7) is 2.55. The molecule has 2 rings (SSSR count). The van der Waals surface area contributed by atoms with Gasteiger partial charge in [-0.25, -0.2) is 9.59 Å². The van der Waals surface area contributed by atoms with Crippen molar-refractivity contribution >= 4 is 17.8 Å². The summed E-state index contributed by atoms with van der Waals surface area (Å²) in [5, 5.41) is 24.8. The molecule has 2 aromatic rings. The van der Waals surface area contributed by atoms with Gasteiger partial charge in [0, 0.05) is 13.6 Å². The lowest BCUT2D eigenvalue weighted by Crippen LogP contribution is -2.47. The number of methoxy groups -OCH3 is 4. The van der Waals surface area contributed by atoms with Crippen LogP contribution in [0.4, 0.5) is 0 Å². The first-order valence-electron chi connectivity index (χ1n) is 11.6. The summed E-state index contributed by atoms with van der Waals surface area (Å²) < 4.78 is 21.3. The van der Waals surface area contributed by atoms with E-state index in [2.05, 4.69) is 6.07 Å². The Morgan fingerprint density at radius 2 is 1.33 bits per heavy atom. The number of aliphatic carboxylic acids is 2. The van der Waals surface area contributed by atoms with E-state index in [1.165, 1.54) is 12.0 Å². The van der Waals surface area contributed by atoms with Crippen molar-refractivity contribution in [1.82, 2.24) is 9.80 Å². The molecule has 12 nitrogen and oxygen atoms in total. The number of likely N-dealkylation sites (N-methyl/N-ethyl adjacent to an activating group) is 2. The molecule has 1 atom stereocenters. The van der Waals surface area contributed by atoms with Gasteiger partial charge in [0.15, 0.2) is 28.5 Å². The average molecular weight is 546 g/mol.